The zero-order valence-corrected chi connectivity index (χ0v) is 48.2. The number of ether oxygens (including phenoxy) is 4. The van der Waals surface area contributed by atoms with Crippen molar-refractivity contribution in [3.8, 4) is 50.3 Å². The van der Waals surface area contributed by atoms with Crippen molar-refractivity contribution in [2.24, 2.45) is 21.1 Å². The molecule has 0 amide bonds. The first-order valence-electron chi connectivity index (χ1n) is 24.2. The van der Waals surface area contributed by atoms with E-state index in [0.29, 0.717) is 28.0 Å². The smallest absolute Gasteiger partial charge is 0.229 e. The number of aromatic nitrogens is 7. The Kier molecular flexibility index (Phi) is 18.4. The summed E-state index contributed by atoms with van der Waals surface area (Å²) >= 11 is 0. The van der Waals surface area contributed by atoms with Crippen LogP contribution in [0, 0.1) is 0 Å². The topological polar surface area (TPSA) is 248 Å². The number of hydrogen-bond donors (Lipinski definition) is 9. The van der Waals surface area contributed by atoms with Gasteiger partial charge in [0.05, 0.1) is 36.0 Å². The Morgan fingerprint density at radius 1 is 0.468 bits per heavy atom. The number of nitrogens with zero attached hydrogens (tertiary/aromatic N) is 5. The molecular formula is C56H56I3N7O11. The minimum Gasteiger partial charge on any atom is -1.00 e. The number of halogens is 3. The van der Waals surface area contributed by atoms with Crippen molar-refractivity contribution in [3.63, 3.8) is 0 Å². The van der Waals surface area contributed by atoms with Gasteiger partial charge in [-0.1, -0.05) is 18.2 Å². The second-order valence-electron chi connectivity index (χ2n) is 18.9. The predicted molar refractivity (Wildman–Crippen MR) is 271 cm³/mol. The van der Waals surface area contributed by atoms with E-state index >= 15 is 0 Å². The van der Waals surface area contributed by atoms with Crippen LogP contribution in [0.3, 0.4) is 0 Å². The van der Waals surface area contributed by atoms with Crippen molar-refractivity contribution < 1.29 is 140 Å². The summed E-state index contributed by atoms with van der Waals surface area (Å²) in [4.78, 5) is 18.3. The van der Waals surface area contributed by atoms with Gasteiger partial charge in [-0.05, 0) is 71.3 Å². The molecule has 1 aromatic carbocycles. The summed E-state index contributed by atoms with van der Waals surface area (Å²) < 4.78 is 29.9. The van der Waals surface area contributed by atoms with Crippen molar-refractivity contribution in [3.05, 3.63) is 145 Å². The third-order valence-electron chi connectivity index (χ3n) is 13.9. The van der Waals surface area contributed by atoms with Crippen molar-refractivity contribution in [1.82, 2.24) is 19.9 Å². The van der Waals surface area contributed by atoms with Crippen LogP contribution in [0.25, 0.3) is 90.9 Å². The Morgan fingerprint density at radius 3 is 1.30 bits per heavy atom. The Hall–Kier alpha value is -5.14. The lowest BCUT2D eigenvalue weighted by molar-refractivity contribution is -0.671. The van der Waals surface area contributed by atoms with Gasteiger partial charge < -0.3 is 137 Å². The number of hydrogen-bond acceptors (Lipinski definition) is 13. The molecule has 0 unspecified atom stereocenters. The minimum absolute atomic E-state index is 0. The SMILES string of the molecule is C[n+]1ccc(-c2c3nc(c(-c4cc[n+](C)cc4)c4ccc([nH]4)c(-c4ccccc4O[C@@H]4O[C@H](CO)[C@@H](O[C@H]5O[C@H](CO)[C@@H](O)[C@H](O)[C@H]5O)[C@H](O)[C@H]4O)c4nc(c(-c5cc[n+](C)cc5)c5ccc2[nH]5)C=C4)C=C3)cc1.[I-].[I-].[I-]. The first-order valence-corrected chi connectivity index (χ1v) is 24.2. The van der Waals surface area contributed by atoms with Gasteiger partial charge in [0.25, 0.3) is 0 Å². The summed E-state index contributed by atoms with van der Waals surface area (Å²) in [5.74, 6) is 0.229. The van der Waals surface area contributed by atoms with Crippen LogP contribution < -0.4 is 90.4 Å². The van der Waals surface area contributed by atoms with Gasteiger partial charge in [0.2, 0.25) is 6.29 Å². The number of rotatable bonds is 10. The van der Waals surface area contributed by atoms with Gasteiger partial charge in [-0.15, -0.1) is 0 Å². The fourth-order valence-corrected chi connectivity index (χ4v) is 9.96. The summed E-state index contributed by atoms with van der Waals surface area (Å²) in [6.07, 6.45) is 3.71. The summed E-state index contributed by atoms with van der Waals surface area (Å²) in [6.45, 7) is -1.45. The number of aliphatic hydroxyl groups is 7. The molecule has 4 aliphatic rings. The van der Waals surface area contributed by atoms with Crippen LogP contribution in [0.15, 0.2) is 122 Å². The Labute approximate surface area is 493 Å². The van der Waals surface area contributed by atoms with Crippen LogP contribution in [-0.2, 0) is 35.4 Å². The highest BCUT2D eigenvalue weighted by Crippen LogP contribution is 2.41. The van der Waals surface area contributed by atoms with E-state index in [1.165, 1.54) is 0 Å². The molecule has 7 aromatic rings. The van der Waals surface area contributed by atoms with Gasteiger partial charge in [0.15, 0.2) is 43.5 Å². The van der Waals surface area contributed by atoms with E-state index in [1.54, 1.807) is 12.1 Å². The van der Waals surface area contributed by atoms with E-state index < -0.39 is 74.6 Å². The van der Waals surface area contributed by atoms with Crippen LogP contribution in [0.2, 0.25) is 0 Å². The Bertz CT molecular complexity index is 3420. The number of para-hydroxylation sites is 1. The summed E-state index contributed by atoms with van der Waals surface area (Å²) in [5.41, 5.74) is 12.4. The zero-order valence-electron chi connectivity index (χ0n) is 41.7. The lowest BCUT2D eigenvalue weighted by atomic mass is 9.97. The highest BCUT2D eigenvalue weighted by molar-refractivity contribution is 6.00. The van der Waals surface area contributed by atoms with Gasteiger partial charge in [-0.25, -0.2) is 23.7 Å². The second-order valence-corrected chi connectivity index (χ2v) is 18.9. The molecule has 402 valence electrons. The van der Waals surface area contributed by atoms with E-state index in [4.69, 9.17) is 28.9 Å². The molecule has 4 aliphatic heterocycles. The van der Waals surface area contributed by atoms with Gasteiger partial charge in [-0.3, -0.25) is 0 Å². The number of H-pyrrole nitrogens is 2. The average Bonchev–Trinajstić information content (AvgIpc) is 4.27. The van der Waals surface area contributed by atoms with Gasteiger partial charge in [-0.2, -0.15) is 0 Å². The molecule has 0 saturated carbocycles. The normalized spacial score (nSPS) is 23.6. The molecule has 2 fully saturated rings. The molecule has 9 N–H and O–H groups in total. The van der Waals surface area contributed by atoms with Crippen LogP contribution in [0.5, 0.6) is 5.75 Å². The first kappa shape index (κ1) is 58.0. The summed E-state index contributed by atoms with van der Waals surface area (Å²) in [5, 5.41) is 75.0. The van der Waals surface area contributed by atoms with Crippen LogP contribution in [-0.4, -0.2) is 130 Å². The molecule has 0 spiro atoms. The maximum Gasteiger partial charge on any atom is 0.229 e. The molecule has 6 aromatic heterocycles. The van der Waals surface area contributed by atoms with Gasteiger partial charge in [0, 0.05) is 86.3 Å². The molecule has 21 heteroatoms. The van der Waals surface area contributed by atoms with Crippen LogP contribution in [0.1, 0.15) is 22.8 Å². The van der Waals surface area contributed by atoms with E-state index in [1.807, 2.05) is 145 Å². The summed E-state index contributed by atoms with van der Waals surface area (Å²) in [6, 6.07) is 27.6. The molecule has 10 heterocycles. The lowest BCUT2D eigenvalue weighted by Crippen LogP contribution is -3.00. The molecule has 2 saturated heterocycles. The highest BCUT2D eigenvalue weighted by atomic mass is 127. The van der Waals surface area contributed by atoms with Gasteiger partial charge >= 0.3 is 0 Å². The largest absolute Gasteiger partial charge is 1.00 e. The van der Waals surface area contributed by atoms with Crippen molar-refractivity contribution in [1.29, 1.82) is 0 Å². The van der Waals surface area contributed by atoms with Crippen LogP contribution >= 0.6 is 0 Å². The molecule has 11 rings (SSSR count). The molecule has 77 heavy (non-hydrogen) atoms. The third kappa shape index (κ3) is 11.4. The minimum atomic E-state index is -1.82. The van der Waals surface area contributed by atoms with E-state index in [-0.39, 0.29) is 77.7 Å². The lowest BCUT2D eigenvalue weighted by Gasteiger charge is -2.45. The van der Waals surface area contributed by atoms with Gasteiger partial charge in [0.1, 0.15) is 75.7 Å². The maximum atomic E-state index is 11.7. The number of pyridine rings is 3. The maximum absolute atomic E-state index is 11.7. The molecule has 8 bridgehead atoms. The van der Waals surface area contributed by atoms with E-state index in [2.05, 4.69) is 34.2 Å². The predicted octanol–water partition coefficient (Wildman–Crippen LogP) is -6.19. The molecule has 0 radical (unpaired) electrons. The fraction of sp³-hybridized carbons (Fsp3) is 0.268. The summed E-state index contributed by atoms with van der Waals surface area (Å²) in [7, 11) is 5.92. The van der Waals surface area contributed by atoms with Crippen molar-refractivity contribution in [2.75, 3.05) is 13.2 Å². The third-order valence-corrected chi connectivity index (χ3v) is 13.9. The quantitative estimate of drug-likeness (QED) is 0.0458. The van der Waals surface area contributed by atoms with Crippen molar-refractivity contribution in [2.45, 2.75) is 61.4 Å². The number of benzene rings is 1. The average molecular weight is 1380 g/mol. The van der Waals surface area contributed by atoms with E-state index in [9.17, 15) is 35.7 Å². The highest BCUT2D eigenvalue weighted by Gasteiger charge is 2.51. The number of nitrogens with one attached hydrogen (secondary N) is 2. The number of fused-ring (bicyclic) bond motifs is 8. The molecule has 10 atom stereocenters. The Balaban J connectivity index is 0.00000261. The molecular weight excluding hydrogens is 1330 g/mol. The zero-order chi connectivity index (χ0) is 51.4. The Morgan fingerprint density at radius 2 is 0.857 bits per heavy atom. The standard InChI is InChI=1S/C56H55N7O11.3HI/c1-61-22-16-30(17-23-61)45-34-8-10-36(57-34)46(31-18-24-62(2)25-19-31)38-12-14-40(59-38)48(41-15-13-39(60-41)47(37-11-9-35(45)58-37)32-20-26-63(3)27-21-32)33-6-4-5-7-42(33)71-55-53(70)51(68)54(44(29-65)73-55)74-56-52(69)50(67)49(66)43(28-64)72-56;;;/h4-27,43-44,49-56,64-70H,28-29H2,1-3H3,(H,57,58,59,60);3*1H/q+2;;;/p-2/t43-,44-,49-,50+,51-,52-,53-,54-,55-,56-;;;/m1.../s1. The fourth-order valence-electron chi connectivity index (χ4n) is 9.96. The number of aromatic amines is 2. The number of aliphatic hydroxyl groups excluding tert-OH is 7. The molecule has 18 nitrogen and oxygen atoms in total. The van der Waals surface area contributed by atoms with E-state index in [0.717, 1.165) is 61.3 Å². The number of aryl methyl sites for hydroxylation is 3. The second kappa shape index (κ2) is 24.5. The first-order chi connectivity index (χ1) is 35.9. The van der Waals surface area contributed by atoms with Crippen LogP contribution in [0.4, 0.5) is 0 Å². The molecule has 0 aliphatic carbocycles. The monoisotopic (exact) mass is 1380 g/mol. The van der Waals surface area contributed by atoms with Crippen molar-refractivity contribution >= 4 is 46.4 Å².